The van der Waals surface area contributed by atoms with E-state index in [2.05, 4.69) is 21.2 Å². The summed E-state index contributed by atoms with van der Waals surface area (Å²) in [6.45, 7) is 2.05. The number of halogens is 1. The fourth-order valence-electron chi connectivity index (χ4n) is 2.32. The Morgan fingerprint density at radius 2 is 2.05 bits per heavy atom. The molecular weight excluding hydrogens is 336 g/mol. The number of benzene rings is 1. The van der Waals surface area contributed by atoms with Crippen LogP contribution in [0.15, 0.2) is 22.7 Å². The largest absolute Gasteiger partial charge is 0.496 e. The standard InChI is InChI=1S/C15H19BrN2O3/c1-21-13-5-4-11(10-12(13)16)15(20)17-7-6-14(19)18-8-2-3-9-18/h4-5,10H,2-3,6-9H2,1H3,(H,17,20). The fourth-order valence-corrected chi connectivity index (χ4v) is 2.86. The van der Waals surface area contributed by atoms with E-state index in [4.69, 9.17) is 4.74 Å². The van der Waals surface area contributed by atoms with E-state index in [0.29, 0.717) is 24.3 Å². The van der Waals surface area contributed by atoms with E-state index in [0.717, 1.165) is 30.4 Å². The highest BCUT2D eigenvalue weighted by Gasteiger charge is 2.17. The van der Waals surface area contributed by atoms with E-state index in [1.807, 2.05) is 4.90 Å². The van der Waals surface area contributed by atoms with Gasteiger partial charge in [-0.25, -0.2) is 0 Å². The Kier molecular flexibility index (Phi) is 5.61. The minimum Gasteiger partial charge on any atom is -0.496 e. The lowest BCUT2D eigenvalue weighted by Crippen LogP contribution is -2.32. The smallest absolute Gasteiger partial charge is 0.251 e. The summed E-state index contributed by atoms with van der Waals surface area (Å²) in [5.74, 6) is 0.604. The van der Waals surface area contributed by atoms with Gasteiger partial charge in [0.25, 0.3) is 5.91 Å². The lowest BCUT2D eigenvalue weighted by atomic mass is 10.2. The topological polar surface area (TPSA) is 58.6 Å². The Labute approximate surface area is 132 Å². The molecular formula is C15H19BrN2O3. The molecule has 2 amide bonds. The number of methoxy groups -OCH3 is 1. The zero-order valence-electron chi connectivity index (χ0n) is 12.0. The third-order valence-electron chi connectivity index (χ3n) is 3.50. The highest BCUT2D eigenvalue weighted by Crippen LogP contribution is 2.25. The third kappa shape index (κ3) is 4.20. The molecule has 0 bridgehead atoms. The molecule has 0 spiro atoms. The van der Waals surface area contributed by atoms with Crippen LogP contribution in [0.4, 0.5) is 0 Å². The molecule has 5 nitrogen and oxygen atoms in total. The maximum Gasteiger partial charge on any atom is 0.251 e. The minimum absolute atomic E-state index is 0.115. The van der Waals surface area contributed by atoms with Crippen molar-refractivity contribution in [3.8, 4) is 5.75 Å². The highest BCUT2D eigenvalue weighted by atomic mass is 79.9. The number of hydrogen-bond donors (Lipinski definition) is 1. The van der Waals surface area contributed by atoms with Crippen LogP contribution < -0.4 is 10.1 Å². The molecule has 114 valence electrons. The number of likely N-dealkylation sites (tertiary alicyclic amines) is 1. The molecule has 1 aliphatic rings. The lowest BCUT2D eigenvalue weighted by Gasteiger charge is -2.15. The van der Waals surface area contributed by atoms with Gasteiger partial charge in [0.15, 0.2) is 0 Å². The van der Waals surface area contributed by atoms with Gasteiger partial charge in [-0.2, -0.15) is 0 Å². The predicted octanol–water partition coefficient (Wildman–Crippen LogP) is 2.20. The Hall–Kier alpha value is -1.56. The maximum atomic E-state index is 12.0. The molecule has 1 aromatic rings. The molecule has 6 heteroatoms. The molecule has 1 aliphatic heterocycles. The van der Waals surface area contributed by atoms with Gasteiger partial charge in [-0.3, -0.25) is 9.59 Å². The summed E-state index contributed by atoms with van der Waals surface area (Å²) in [5.41, 5.74) is 0.538. The second kappa shape index (κ2) is 7.45. The van der Waals surface area contributed by atoms with E-state index in [1.165, 1.54) is 0 Å². The third-order valence-corrected chi connectivity index (χ3v) is 4.12. The Morgan fingerprint density at radius 1 is 1.33 bits per heavy atom. The zero-order valence-corrected chi connectivity index (χ0v) is 13.6. The van der Waals surface area contributed by atoms with Crippen molar-refractivity contribution in [2.75, 3.05) is 26.7 Å². The Bertz CT molecular complexity index is 528. The number of ether oxygens (including phenoxy) is 1. The summed E-state index contributed by atoms with van der Waals surface area (Å²) < 4.78 is 5.85. The van der Waals surface area contributed by atoms with Gasteiger partial charge >= 0.3 is 0 Å². The number of nitrogens with zero attached hydrogens (tertiary/aromatic N) is 1. The first-order chi connectivity index (χ1) is 10.1. The van der Waals surface area contributed by atoms with Crippen molar-refractivity contribution in [1.29, 1.82) is 0 Å². The van der Waals surface area contributed by atoms with Gasteiger partial charge in [-0.1, -0.05) is 0 Å². The van der Waals surface area contributed by atoms with E-state index in [9.17, 15) is 9.59 Å². The van der Waals surface area contributed by atoms with Crippen LogP contribution in [0.25, 0.3) is 0 Å². The number of carbonyl (C=O) groups is 2. The summed E-state index contributed by atoms with van der Waals surface area (Å²) in [4.78, 5) is 25.7. The van der Waals surface area contributed by atoms with Crippen LogP contribution in [0, 0.1) is 0 Å². The molecule has 0 aromatic heterocycles. The van der Waals surface area contributed by atoms with E-state index in [1.54, 1.807) is 25.3 Å². The molecule has 1 N–H and O–H groups in total. The van der Waals surface area contributed by atoms with Crippen molar-refractivity contribution in [1.82, 2.24) is 10.2 Å². The average molecular weight is 355 g/mol. The first kappa shape index (κ1) is 15.8. The SMILES string of the molecule is COc1ccc(C(=O)NCCC(=O)N2CCCC2)cc1Br. The number of carbonyl (C=O) groups excluding carboxylic acids is 2. The number of amides is 2. The summed E-state index contributed by atoms with van der Waals surface area (Å²) in [5, 5.41) is 2.77. The second-order valence-corrected chi connectivity index (χ2v) is 5.80. The number of hydrogen-bond acceptors (Lipinski definition) is 3. The van der Waals surface area contributed by atoms with Gasteiger partial charge in [0, 0.05) is 31.6 Å². The van der Waals surface area contributed by atoms with Crippen LogP contribution in [0.2, 0.25) is 0 Å². The van der Waals surface area contributed by atoms with Crippen molar-refractivity contribution in [2.45, 2.75) is 19.3 Å². The van der Waals surface area contributed by atoms with Gasteiger partial charge in [0.1, 0.15) is 5.75 Å². The van der Waals surface area contributed by atoms with Crippen molar-refractivity contribution in [3.63, 3.8) is 0 Å². The molecule has 1 saturated heterocycles. The molecule has 1 heterocycles. The van der Waals surface area contributed by atoms with Crippen molar-refractivity contribution < 1.29 is 14.3 Å². The molecule has 0 atom stereocenters. The van der Waals surface area contributed by atoms with Crippen LogP contribution in [-0.4, -0.2) is 43.5 Å². The van der Waals surface area contributed by atoms with Gasteiger partial charge in [0.05, 0.1) is 11.6 Å². The van der Waals surface area contributed by atoms with Crippen molar-refractivity contribution in [2.24, 2.45) is 0 Å². The molecule has 0 aliphatic carbocycles. The predicted molar refractivity (Wildman–Crippen MR) is 83.5 cm³/mol. The molecule has 1 aromatic carbocycles. The molecule has 0 radical (unpaired) electrons. The van der Waals surface area contributed by atoms with Gasteiger partial charge in [-0.15, -0.1) is 0 Å². The van der Waals surface area contributed by atoms with Crippen LogP contribution in [0.3, 0.4) is 0 Å². The molecule has 21 heavy (non-hydrogen) atoms. The highest BCUT2D eigenvalue weighted by molar-refractivity contribution is 9.10. The van der Waals surface area contributed by atoms with Gasteiger partial charge in [-0.05, 0) is 47.0 Å². The summed E-state index contributed by atoms with van der Waals surface area (Å²) in [7, 11) is 1.57. The minimum atomic E-state index is -0.187. The fraction of sp³-hybridized carbons (Fsp3) is 0.467. The van der Waals surface area contributed by atoms with Gasteiger partial charge in [0.2, 0.25) is 5.91 Å². The monoisotopic (exact) mass is 354 g/mol. The number of nitrogens with one attached hydrogen (secondary N) is 1. The van der Waals surface area contributed by atoms with Crippen LogP contribution >= 0.6 is 15.9 Å². The normalized spacial score (nSPS) is 14.1. The van der Waals surface area contributed by atoms with Crippen LogP contribution in [-0.2, 0) is 4.79 Å². The van der Waals surface area contributed by atoms with Crippen LogP contribution in [0.5, 0.6) is 5.75 Å². The first-order valence-electron chi connectivity index (χ1n) is 7.01. The molecule has 0 saturated carbocycles. The maximum absolute atomic E-state index is 12.0. The van der Waals surface area contributed by atoms with Crippen molar-refractivity contribution >= 4 is 27.7 Å². The summed E-state index contributed by atoms with van der Waals surface area (Å²) in [6.07, 6.45) is 2.51. The van der Waals surface area contributed by atoms with Crippen molar-refractivity contribution in [3.05, 3.63) is 28.2 Å². The zero-order chi connectivity index (χ0) is 15.2. The first-order valence-corrected chi connectivity index (χ1v) is 7.80. The quantitative estimate of drug-likeness (QED) is 0.881. The van der Waals surface area contributed by atoms with E-state index < -0.39 is 0 Å². The molecule has 2 rings (SSSR count). The van der Waals surface area contributed by atoms with Crippen LogP contribution in [0.1, 0.15) is 29.6 Å². The van der Waals surface area contributed by atoms with Gasteiger partial charge < -0.3 is 15.0 Å². The summed E-state index contributed by atoms with van der Waals surface area (Å²) in [6, 6.07) is 5.13. The molecule has 1 fully saturated rings. The Balaban J connectivity index is 1.81. The second-order valence-electron chi connectivity index (χ2n) is 4.94. The van der Waals surface area contributed by atoms with E-state index >= 15 is 0 Å². The Morgan fingerprint density at radius 3 is 2.67 bits per heavy atom. The lowest BCUT2D eigenvalue weighted by molar-refractivity contribution is -0.129. The summed E-state index contributed by atoms with van der Waals surface area (Å²) >= 11 is 3.35. The van der Waals surface area contributed by atoms with E-state index in [-0.39, 0.29) is 11.8 Å². The number of rotatable bonds is 5. The molecule has 0 unspecified atom stereocenters. The average Bonchev–Trinajstić information content (AvgIpc) is 3.01.